The molecule has 0 fully saturated rings. The lowest BCUT2D eigenvalue weighted by Crippen LogP contribution is -2.19. The minimum atomic E-state index is -0.396. The van der Waals surface area contributed by atoms with Crippen LogP contribution in [0.25, 0.3) is 6.08 Å². The third kappa shape index (κ3) is 4.50. The van der Waals surface area contributed by atoms with E-state index >= 15 is 0 Å². The number of thioether (sulfide) groups is 1. The Labute approximate surface area is 179 Å². The maximum absolute atomic E-state index is 11.1. The molecular weight excluding hydrogens is 406 g/mol. The summed E-state index contributed by atoms with van der Waals surface area (Å²) in [7, 11) is 3.55. The Kier molecular flexibility index (Phi) is 6.69. The van der Waals surface area contributed by atoms with Gasteiger partial charge >= 0.3 is 5.97 Å². The number of ether oxygens (including phenoxy) is 1. The molecule has 0 aliphatic carbocycles. The zero-order valence-corrected chi connectivity index (χ0v) is 18.1. The average molecular weight is 430 g/mol. The summed E-state index contributed by atoms with van der Waals surface area (Å²) in [6, 6.07) is 8.18. The van der Waals surface area contributed by atoms with Crippen LogP contribution in [0.4, 0.5) is 5.69 Å². The van der Waals surface area contributed by atoms with Gasteiger partial charge in [0.05, 0.1) is 12.3 Å². The highest BCUT2D eigenvalue weighted by Gasteiger charge is 2.24. The number of rotatable bonds is 7. The summed E-state index contributed by atoms with van der Waals surface area (Å²) in [6.07, 6.45) is 4.54. The topological polar surface area (TPSA) is 59.6 Å². The van der Waals surface area contributed by atoms with Gasteiger partial charge in [-0.2, -0.15) is 0 Å². The Morgan fingerprint density at radius 1 is 1.31 bits per heavy atom. The maximum Gasteiger partial charge on any atom is 0.330 e. The predicted octanol–water partition coefficient (Wildman–Crippen LogP) is 4.37. The van der Waals surface area contributed by atoms with Crippen molar-refractivity contribution < 1.29 is 14.6 Å². The normalized spacial score (nSPS) is 12.5. The largest absolute Gasteiger partial charge is 0.493 e. The van der Waals surface area contributed by atoms with Gasteiger partial charge in [0.1, 0.15) is 10.7 Å². The first kappa shape index (κ1) is 21.0. The third-order valence-corrected chi connectivity index (χ3v) is 6.25. The first-order chi connectivity index (χ1) is 13.9. The Morgan fingerprint density at radius 3 is 2.76 bits per heavy atom. The smallest absolute Gasteiger partial charge is 0.330 e. The van der Waals surface area contributed by atoms with Crippen LogP contribution in [-0.2, 0) is 23.6 Å². The number of para-hydroxylation sites is 1. The molecule has 2 aromatic rings. The molecule has 152 valence electrons. The summed E-state index contributed by atoms with van der Waals surface area (Å²) >= 11 is 6.93. The zero-order chi connectivity index (χ0) is 21.0. The first-order valence-electron chi connectivity index (χ1n) is 9.19. The second-order valence-electron chi connectivity index (χ2n) is 6.50. The SMILES string of the molecule is C=CC(=O)OCCCCN1C(=C=Cc2c(O)n(C)c(=S)n2C)Sc2ccccc21. The number of unbranched alkanes of at least 4 members (excludes halogenated alkanes) is 1. The minimum absolute atomic E-state index is 0.113. The van der Waals surface area contributed by atoms with Gasteiger partial charge in [0.25, 0.3) is 0 Å². The number of imidazole rings is 1. The van der Waals surface area contributed by atoms with E-state index in [9.17, 15) is 9.90 Å². The summed E-state index contributed by atoms with van der Waals surface area (Å²) in [5.41, 5.74) is 5.06. The minimum Gasteiger partial charge on any atom is -0.493 e. The van der Waals surface area contributed by atoms with E-state index in [4.69, 9.17) is 17.0 Å². The predicted molar refractivity (Wildman–Crippen MR) is 118 cm³/mol. The van der Waals surface area contributed by atoms with Crippen LogP contribution in [0, 0.1) is 4.77 Å². The molecule has 0 spiro atoms. The average Bonchev–Trinajstić information content (AvgIpc) is 3.17. The molecule has 1 N–H and O–H groups in total. The monoisotopic (exact) mass is 429 g/mol. The van der Waals surface area contributed by atoms with Crippen LogP contribution in [0.2, 0.25) is 0 Å². The van der Waals surface area contributed by atoms with Crippen LogP contribution in [0.3, 0.4) is 0 Å². The number of benzene rings is 1. The van der Waals surface area contributed by atoms with Crippen molar-refractivity contribution in [2.24, 2.45) is 14.1 Å². The number of anilines is 1. The van der Waals surface area contributed by atoms with Gasteiger partial charge in [-0.15, -0.1) is 0 Å². The molecule has 1 aliphatic rings. The molecule has 0 radical (unpaired) electrons. The molecule has 6 nitrogen and oxygen atoms in total. The van der Waals surface area contributed by atoms with Crippen LogP contribution in [0.15, 0.2) is 52.6 Å². The lowest BCUT2D eigenvalue weighted by molar-refractivity contribution is -0.137. The van der Waals surface area contributed by atoms with Gasteiger partial charge in [-0.1, -0.05) is 36.2 Å². The first-order valence-corrected chi connectivity index (χ1v) is 10.4. The van der Waals surface area contributed by atoms with Gasteiger partial charge in [-0.25, -0.2) is 4.79 Å². The summed E-state index contributed by atoms with van der Waals surface area (Å²) in [5.74, 6) is -0.283. The molecule has 8 heteroatoms. The lowest BCUT2D eigenvalue weighted by atomic mass is 10.2. The zero-order valence-electron chi connectivity index (χ0n) is 16.4. The molecule has 0 atom stereocenters. The fourth-order valence-corrected chi connectivity index (χ4v) is 4.24. The molecule has 0 amide bonds. The Bertz CT molecular complexity index is 1060. The number of hydrogen-bond donors (Lipinski definition) is 1. The number of carbonyl (C=O) groups excluding carboxylic acids is 1. The molecule has 2 heterocycles. The van der Waals surface area contributed by atoms with Crippen molar-refractivity contribution in [2.45, 2.75) is 17.7 Å². The van der Waals surface area contributed by atoms with E-state index in [1.165, 1.54) is 6.08 Å². The Balaban J connectivity index is 1.81. The molecule has 0 unspecified atom stereocenters. The van der Waals surface area contributed by atoms with Crippen molar-refractivity contribution >= 4 is 41.7 Å². The van der Waals surface area contributed by atoms with E-state index in [-0.39, 0.29) is 5.88 Å². The van der Waals surface area contributed by atoms with Gasteiger partial charge in [0, 0.05) is 37.7 Å². The summed E-state index contributed by atoms with van der Waals surface area (Å²) < 4.78 is 8.90. The molecular formula is C21H23N3O3S2. The number of hydrogen-bond acceptors (Lipinski definition) is 6. The number of fused-ring (bicyclic) bond motifs is 1. The Morgan fingerprint density at radius 2 is 2.07 bits per heavy atom. The quantitative estimate of drug-likeness (QED) is 0.232. The summed E-state index contributed by atoms with van der Waals surface area (Å²) in [5, 5.41) is 11.3. The van der Waals surface area contributed by atoms with Crippen LogP contribution < -0.4 is 4.90 Å². The summed E-state index contributed by atoms with van der Waals surface area (Å²) in [6.45, 7) is 4.54. The van der Waals surface area contributed by atoms with Gasteiger partial charge in [0.2, 0.25) is 5.88 Å². The number of carbonyl (C=O) groups is 1. The van der Waals surface area contributed by atoms with Crippen molar-refractivity contribution in [3.63, 3.8) is 0 Å². The molecule has 3 rings (SSSR count). The number of aromatic hydroxyl groups is 1. The lowest BCUT2D eigenvalue weighted by Gasteiger charge is -2.19. The fourth-order valence-electron chi connectivity index (χ4n) is 3.00. The van der Waals surface area contributed by atoms with E-state index in [0.717, 1.165) is 35.0 Å². The molecule has 0 saturated carbocycles. The highest BCUT2D eigenvalue weighted by atomic mass is 32.2. The molecule has 1 aliphatic heterocycles. The number of esters is 1. The van der Waals surface area contributed by atoms with Gasteiger partial charge < -0.3 is 19.3 Å². The number of aromatic nitrogens is 2. The van der Waals surface area contributed by atoms with Gasteiger partial charge in [-0.05, 0) is 37.2 Å². The van der Waals surface area contributed by atoms with E-state index in [0.29, 0.717) is 17.1 Å². The second-order valence-corrected chi connectivity index (χ2v) is 7.90. The van der Waals surface area contributed by atoms with Crippen molar-refractivity contribution in [1.29, 1.82) is 0 Å². The second kappa shape index (κ2) is 9.22. The van der Waals surface area contributed by atoms with Crippen molar-refractivity contribution in [3.05, 3.63) is 58.1 Å². The molecule has 0 bridgehead atoms. The molecule has 29 heavy (non-hydrogen) atoms. The standard InChI is InChI=1S/C21H23N3O3S2/c1-4-19(25)27-14-8-7-13-24-15-9-5-6-10-17(15)29-18(24)12-11-16-20(26)23(3)21(28)22(16)2/h4-6,9-11,26H,1,7-8,13-14H2,2-3H3. The van der Waals surface area contributed by atoms with E-state index in [1.807, 2.05) is 19.2 Å². The van der Waals surface area contributed by atoms with Crippen molar-refractivity contribution in [1.82, 2.24) is 9.13 Å². The maximum atomic E-state index is 11.1. The van der Waals surface area contributed by atoms with Crippen LogP contribution in [-0.4, -0.2) is 33.4 Å². The van der Waals surface area contributed by atoms with Crippen molar-refractivity contribution in [3.8, 4) is 5.88 Å². The van der Waals surface area contributed by atoms with Gasteiger partial charge in [0.15, 0.2) is 4.77 Å². The Hall–Kier alpha value is -2.67. The van der Waals surface area contributed by atoms with Crippen molar-refractivity contribution in [2.75, 3.05) is 18.1 Å². The number of nitrogens with zero attached hydrogens (tertiary/aromatic N) is 3. The fraction of sp³-hybridized carbons (Fsp3) is 0.286. The van der Waals surface area contributed by atoms with E-state index in [2.05, 4.69) is 29.3 Å². The van der Waals surface area contributed by atoms with Crippen LogP contribution >= 0.6 is 24.0 Å². The highest BCUT2D eigenvalue weighted by molar-refractivity contribution is 8.03. The molecule has 1 aromatic heterocycles. The third-order valence-electron chi connectivity index (χ3n) is 4.61. The summed E-state index contributed by atoms with van der Waals surface area (Å²) in [4.78, 5) is 14.5. The van der Waals surface area contributed by atoms with E-state index < -0.39 is 5.97 Å². The molecule has 1 aromatic carbocycles. The highest BCUT2D eigenvalue weighted by Crippen LogP contribution is 2.45. The van der Waals surface area contributed by atoms with Gasteiger partial charge in [-0.3, -0.25) is 4.57 Å². The van der Waals surface area contributed by atoms with Crippen LogP contribution in [0.5, 0.6) is 5.88 Å². The molecule has 0 saturated heterocycles. The van der Waals surface area contributed by atoms with E-state index in [1.54, 1.807) is 34.0 Å². The van der Waals surface area contributed by atoms with Crippen LogP contribution in [0.1, 0.15) is 18.5 Å².